The number of rotatable bonds is 12. The second-order valence-corrected chi connectivity index (χ2v) is 8.52. The Morgan fingerprint density at radius 3 is 2.71 bits per heavy atom. The summed E-state index contributed by atoms with van der Waals surface area (Å²) in [4.78, 5) is 16.3. The lowest BCUT2D eigenvalue weighted by molar-refractivity contribution is -0.143. The van der Waals surface area contributed by atoms with Crippen molar-refractivity contribution in [1.29, 1.82) is 0 Å². The summed E-state index contributed by atoms with van der Waals surface area (Å²) < 4.78 is 28.0. The number of benzene rings is 2. The van der Waals surface area contributed by atoms with Crippen LogP contribution in [0, 0.1) is 0 Å². The minimum Gasteiger partial charge on any atom is -0.493 e. The van der Waals surface area contributed by atoms with Gasteiger partial charge in [0, 0.05) is 12.0 Å². The lowest BCUT2D eigenvalue weighted by Gasteiger charge is -2.13. The maximum absolute atomic E-state index is 11.8. The second kappa shape index (κ2) is 11.8. The van der Waals surface area contributed by atoms with E-state index in [4.69, 9.17) is 23.4 Å². The number of carbonyl (C=O) groups is 1. The second-order valence-electron chi connectivity index (χ2n) is 8.52. The van der Waals surface area contributed by atoms with Crippen LogP contribution in [-0.2, 0) is 22.4 Å². The van der Waals surface area contributed by atoms with Gasteiger partial charge in [0.2, 0.25) is 5.89 Å². The Bertz CT molecular complexity index is 1140. The lowest BCUT2D eigenvalue weighted by atomic mass is 9.98. The molecule has 2 aromatic carbocycles. The van der Waals surface area contributed by atoms with Crippen molar-refractivity contribution < 1.29 is 28.2 Å². The molecule has 1 atom stereocenters. The molecule has 4 rings (SSSR count). The molecule has 0 saturated heterocycles. The summed E-state index contributed by atoms with van der Waals surface area (Å²) in [5.41, 5.74) is 4.26. The van der Waals surface area contributed by atoms with Crippen molar-refractivity contribution in [2.75, 3.05) is 26.9 Å². The monoisotopic (exact) mass is 479 g/mol. The van der Waals surface area contributed by atoms with E-state index in [1.54, 1.807) is 13.4 Å². The van der Waals surface area contributed by atoms with Gasteiger partial charge in [-0.15, -0.1) is 0 Å². The zero-order valence-corrected chi connectivity index (χ0v) is 20.7. The summed E-state index contributed by atoms with van der Waals surface area (Å²) in [6.45, 7) is 5.35. The number of aryl methyl sites for hydroxylation is 2. The van der Waals surface area contributed by atoms with Gasteiger partial charge in [-0.05, 0) is 73.6 Å². The topological polar surface area (TPSA) is 80.0 Å². The number of nitrogens with zero attached hydrogens (tertiary/aromatic N) is 1. The van der Waals surface area contributed by atoms with Crippen LogP contribution in [0.25, 0.3) is 11.5 Å². The van der Waals surface area contributed by atoms with Gasteiger partial charge < -0.3 is 23.4 Å². The fraction of sp³-hybridized carbons (Fsp3) is 0.429. The Labute approximate surface area is 206 Å². The van der Waals surface area contributed by atoms with Crippen molar-refractivity contribution in [1.82, 2.24) is 4.98 Å². The molecule has 0 unspecified atom stereocenters. The molecule has 0 saturated carbocycles. The largest absolute Gasteiger partial charge is 0.493 e. The van der Waals surface area contributed by atoms with Crippen LogP contribution >= 0.6 is 0 Å². The summed E-state index contributed by atoms with van der Waals surface area (Å²) in [5.74, 6) is 2.84. The molecule has 1 aromatic heterocycles. The van der Waals surface area contributed by atoms with Gasteiger partial charge >= 0.3 is 5.97 Å². The number of hydrogen-bond donors (Lipinski definition) is 0. The van der Waals surface area contributed by atoms with E-state index >= 15 is 0 Å². The number of oxazole rings is 1. The number of aromatic nitrogens is 1. The Balaban J connectivity index is 1.25. The minimum atomic E-state index is -0.125. The summed E-state index contributed by atoms with van der Waals surface area (Å²) in [5, 5.41) is 0. The molecular weight excluding hydrogens is 446 g/mol. The summed E-state index contributed by atoms with van der Waals surface area (Å²) in [7, 11) is 1.62. The van der Waals surface area contributed by atoms with Crippen molar-refractivity contribution in [3.63, 3.8) is 0 Å². The maximum Gasteiger partial charge on any atom is 0.306 e. The highest BCUT2D eigenvalue weighted by Crippen LogP contribution is 2.37. The van der Waals surface area contributed by atoms with E-state index in [1.165, 1.54) is 11.1 Å². The number of fused-ring (bicyclic) bond motifs is 1. The number of methoxy groups -OCH3 is 1. The first-order chi connectivity index (χ1) is 17.1. The molecule has 7 nitrogen and oxygen atoms in total. The Morgan fingerprint density at radius 2 is 1.94 bits per heavy atom. The van der Waals surface area contributed by atoms with Crippen LogP contribution in [0.15, 0.2) is 47.1 Å². The third-order valence-corrected chi connectivity index (χ3v) is 6.17. The maximum atomic E-state index is 11.8. The highest BCUT2D eigenvalue weighted by atomic mass is 16.5. The van der Waals surface area contributed by atoms with Crippen molar-refractivity contribution >= 4 is 5.97 Å². The average Bonchev–Trinajstić information content (AvgIpc) is 3.51. The molecule has 3 aromatic rings. The van der Waals surface area contributed by atoms with Crippen molar-refractivity contribution in [2.45, 2.75) is 51.9 Å². The van der Waals surface area contributed by atoms with Gasteiger partial charge in [-0.2, -0.15) is 0 Å². The molecule has 0 N–H and O–H groups in total. The van der Waals surface area contributed by atoms with Crippen LogP contribution in [0.5, 0.6) is 17.2 Å². The third kappa shape index (κ3) is 6.15. The fourth-order valence-electron chi connectivity index (χ4n) is 4.36. The minimum absolute atomic E-state index is 0.125. The van der Waals surface area contributed by atoms with E-state index in [1.807, 2.05) is 38.1 Å². The molecular formula is C28H33NO6. The Kier molecular flexibility index (Phi) is 8.29. The summed E-state index contributed by atoms with van der Waals surface area (Å²) >= 11 is 0. The molecule has 1 heterocycles. The molecule has 7 heteroatoms. The predicted molar refractivity (Wildman–Crippen MR) is 132 cm³/mol. The van der Waals surface area contributed by atoms with Gasteiger partial charge in [0.05, 0.1) is 39.0 Å². The molecule has 0 amide bonds. The summed E-state index contributed by atoms with van der Waals surface area (Å²) in [6, 6.07) is 11.8. The molecule has 0 bridgehead atoms. The SMILES string of the molecule is CCOC(=O)C[C@@H]1CCc2cc(OCCCOc3ccc(-c4nc(CC)co4)cc3OC)ccc21. The first kappa shape index (κ1) is 24.6. The molecule has 0 spiro atoms. The number of esters is 1. The summed E-state index contributed by atoms with van der Waals surface area (Å²) in [6.07, 6.45) is 5.61. The van der Waals surface area contributed by atoms with Crippen LogP contribution in [0.2, 0.25) is 0 Å². The number of hydrogen-bond acceptors (Lipinski definition) is 7. The smallest absolute Gasteiger partial charge is 0.306 e. The molecule has 0 radical (unpaired) electrons. The predicted octanol–water partition coefficient (Wildman–Crippen LogP) is 5.74. The van der Waals surface area contributed by atoms with E-state index in [0.717, 1.165) is 42.7 Å². The van der Waals surface area contributed by atoms with Gasteiger partial charge in [0.25, 0.3) is 0 Å². The van der Waals surface area contributed by atoms with Gasteiger partial charge in [-0.1, -0.05) is 13.0 Å². The van der Waals surface area contributed by atoms with Crippen molar-refractivity contribution in [3.05, 3.63) is 59.5 Å². The van der Waals surface area contributed by atoms with Gasteiger partial charge in [-0.25, -0.2) is 4.98 Å². The standard InChI is InChI=1S/C28H33NO6/c1-4-22-18-35-28(29-22)21-9-12-25(26(16-21)31-3)34-14-6-13-33-23-10-11-24-19(15-23)7-8-20(24)17-27(30)32-5-2/h9-12,15-16,18,20H,4-8,13-14,17H2,1-3H3/t20-/m0/s1. The van der Waals surface area contributed by atoms with Gasteiger partial charge in [-0.3, -0.25) is 4.79 Å². The van der Waals surface area contributed by atoms with Crippen LogP contribution in [0.3, 0.4) is 0 Å². The van der Waals surface area contributed by atoms with E-state index in [-0.39, 0.29) is 11.9 Å². The first-order valence-corrected chi connectivity index (χ1v) is 12.3. The van der Waals surface area contributed by atoms with E-state index in [9.17, 15) is 4.79 Å². The van der Waals surface area contributed by atoms with Crippen LogP contribution < -0.4 is 14.2 Å². The van der Waals surface area contributed by atoms with E-state index in [2.05, 4.69) is 17.1 Å². The Hall–Kier alpha value is -3.48. The zero-order chi connectivity index (χ0) is 24.6. The number of carbonyl (C=O) groups excluding carboxylic acids is 1. The molecule has 0 aliphatic heterocycles. The molecule has 1 aliphatic rings. The van der Waals surface area contributed by atoms with Gasteiger partial charge in [0.15, 0.2) is 11.5 Å². The van der Waals surface area contributed by atoms with Crippen LogP contribution in [-0.4, -0.2) is 37.9 Å². The normalized spacial score (nSPS) is 14.4. The Morgan fingerprint density at radius 1 is 1.09 bits per heavy atom. The van der Waals surface area contributed by atoms with E-state index in [0.29, 0.717) is 43.6 Å². The van der Waals surface area contributed by atoms with Crippen molar-refractivity contribution in [3.8, 4) is 28.7 Å². The third-order valence-electron chi connectivity index (χ3n) is 6.17. The highest BCUT2D eigenvalue weighted by molar-refractivity contribution is 5.71. The van der Waals surface area contributed by atoms with Crippen LogP contribution in [0.1, 0.15) is 55.8 Å². The lowest BCUT2D eigenvalue weighted by Crippen LogP contribution is -2.08. The molecule has 186 valence electrons. The zero-order valence-electron chi connectivity index (χ0n) is 20.7. The van der Waals surface area contributed by atoms with Crippen LogP contribution in [0.4, 0.5) is 0 Å². The fourth-order valence-corrected chi connectivity index (χ4v) is 4.36. The average molecular weight is 480 g/mol. The van der Waals surface area contributed by atoms with E-state index < -0.39 is 0 Å². The molecule has 35 heavy (non-hydrogen) atoms. The molecule has 0 fully saturated rings. The van der Waals surface area contributed by atoms with Crippen molar-refractivity contribution in [2.24, 2.45) is 0 Å². The highest BCUT2D eigenvalue weighted by Gasteiger charge is 2.25. The quantitative estimate of drug-likeness (QED) is 0.242. The first-order valence-electron chi connectivity index (χ1n) is 12.3. The molecule has 1 aliphatic carbocycles. The van der Waals surface area contributed by atoms with Gasteiger partial charge in [0.1, 0.15) is 12.0 Å². The number of ether oxygens (including phenoxy) is 4.